The molecule has 0 heterocycles. The Bertz CT molecular complexity index is 754. The molecule has 5 heteroatoms. The maximum atomic E-state index is 10.8. The van der Waals surface area contributed by atoms with Gasteiger partial charge in [-0.25, -0.2) is 4.79 Å². The molecular formula is C24H32O5. The molecule has 2 aromatic carbocycles. The van der Waals surface area contributed by atoms with Crippen molar-refractivity contribution in [3.63, 3.8) is 0 Å². The summed E-state index contributed by atoms with van der Waals surface area (Å²) < 4.78 is 15.6. The van der Waals surface area contributed by atoms with Crippen LogP contribution in [0.1, 0.15) is 43.4 Å². The Balaban J connectivity index is 0.000000211. The second kappa shape index (κ2) is 12.1. The molecule has 0 radical (unpaired) electrons. The summed E-state index contributed by atoms with van der Waals surface area (Å²) in [4.78, 5) is 10.8. The zero-order chi connectivity index (χ0) is 21.1. The van der Waals surface area contributed by atoms with Gasteiger partial charge in [0.25, 0.3) is 0 Å². The van der Waals surface area contributed by atoms with Gasteiger partial charge in [-0.1, -0.05) is 18.2 Å². The second-order valence-corrected chi connectivity index (χ2v) is 6.91. The highest BCUT2D eigenvalue weighted by molar-refractivity contribution is 5.72. The van der Waals surface area contributed by atoms with Crippen molar-refractivity contribution in [2.45, 2.75) is 52.1 Å². The summed E-state index contributed by atoms with van der Waals surface area (Å²) in [5.74, 6) is 0.870. The van der Waals surface area contributed by atoms with Gasteiger partial charge in [0.2, 0.25) is 0 Å². The lowest BCUT2D eigenvalue weighted by Gasteiger charge is -2.16. The van der Waals surface area contributed by atoms with E-state index < -0.39 is 12.1 Å². The zero-order valence-corrected chi connectivity index (χ0v) is 17.6. The molecule has 0 amide bonds. The minimum Gasteiger partial charge on any atom is -0.494 e. The first-order chi connectivity index (χ1) is 14.1. The molecule has 1 atom stereocenters. The van der Waals surface area contributed by atoms with E-state index in [4.69, 9.17) is 19.3 Å². The van der Waals surface area contributed by atoms with Gasteiger partial charge in [0, 0.05) is 13.5 Å². The fourth-order valence-electron chi connectivity index (χ4n) is 3.34. The topological polar surface area (TPSA) is 65.0 Å². The highest BCUT2D eigenvalue weighted by atomic mass is 16.5. The zero-order valence-electron chi connectivity index (χ0n) is 17.6. The molecule has 29 heavy (non-hydrogen) atoms. The monoisotopic (exact) mass is 400 g/mol. The minimum atomic E-state index is -0.948. The highest BCUT2D eigenvalue weighted by Gasteiger charge is 2.16. The van der Waals surface area contributed by atoms with Crippen molar-refractivity contribution in [3.05, 3.63) is 59.2 Å². The highest BCUT2D eigenvalue weighted by Crippen LogP contribution is 2.25. The van der Waals surface area contributed by atoms with Crippen LogP contribution in [-0.4, -0.2) is 37.5 Å². The molecule has 1 unspecified atom stereocenters. The lowest BCUT2D eigenvalue weighted by atomic mass is 9.92. The quantitative estimate of drug-likeness (QED) is 0.696. The number of methoxy groups -OCH3 is 1. The number of aliphatic carboxylic acids is 1. The van der Waals surface area contributed by atoms with E-state index in [-0.39, 0.29) is 0 Å². The first-order valence-electron chi connectivity index (χ1n) is 10.3. The van der Waals surface area contributed by atoms with Crippen LogP contribution < -0.4 is 9.47 Å². The van der Waals surface area contributed by atoms with Crippen LogP contribution in [0.3, 0.4) is 0 Å². The lowest BCUT2D eigenvalue weighted by molar-refractivity contribution is -0.148. The Morgan fingerprint density at radius 2 is 1.52 bits per heavy atom. The number of benzene rings is 2. The van der Waals surface area contributed by atoms with Gasteiger partial charge in [0.05, 0.1) is 13.2 Å². The van der Waals surface area contributed by atoms with E-state index in [0.29, 0.717) is 13.0 Å². The summed E-state index contributed by atoms with van der Waals surface area (Å²) in [6.07, 6.45) is 4.73. The van der Waals surface area contributed by atoms with Crippen LogP contribution in [-0.2, 0) is 28.8 Å². The molecule has 1 aliphatic carbocycles. The molecule has 5 nitrogen and oxygen atoms in total. The fraction of sp³-hybridized carbons (Fsp3) is 0.458. The molecule has 158 valence electrons. The molecule has 0 saturated carbocycles. The van der Waals surface area contributed by atoms with Gasteiger partial charge in [-0.3, -0.25) is 0 Å². The molecular weight excluding hydrogens is 368 g/mol. The van der Waals surface area contributed by atoms with Gasteiger partial charge in [0.15, 0.2) is 6.10 Å². The first kappa shape index (κ1) is 22.8. The molecule has 3 rings (SSSR count). The van der Waals surface area contributed by atoms with E-state index in [1.807, 2.05) is 38.1 Å². The van der Waals surface area contributed by atoms with E-state index >= 15 is 0 Å². The van der Waals surface area contributed by atoms with Gasteiger partial charge in [-0.2, -0.15) is 0 Å². The molecule has 0 bridgehead atoms. The summed E-state index contributed by atoms with van der Waals surface area (Å²) in [6.45, 7) is 5.33. The fourth-order valence-corrected chi connectivity index (χ4v) is 3.34. The molecule has 1 aliphatic rings. The number of carboxylic acid groups (broad SMARTS) is 1. The summed E-state index contributed by atoms with van der Waals surface area (Å²) in [6, 6.07) is 13.9. The number of hydrogen-bond acceptors (Lipinski definition) is 4. The summed E-state index contributed by atoms with van der Waals surface area (Å²) in [5, 5.41) is 8.82. The normalized spacial score (nSPS) is 13.5. The van der Waals surface area contributed by atoms with E-state index in [2.05, 4.69) is 18.2 Å². The Labute approximate surface area is 173 Å². The third-order valence-corrected chi connectivity index (χ3v) is 4.85. The number of rotatable bonds is 8. The molecule has 0 aromatic heterocycles. The van der Waals surface area contributed by atoms with Crippen molar-refractivity contribution in [2.75, 3.05) is 20.3 Å². The van der Waals surface area contributed by atoms with Crippen molar-refractivity contribution in [3.8, 4) is 11.5 Å². The summed E-state index contributed by atoms with van der Waals surface area (Å²) in [5.41, 5.74) is 3.93. The standard InChI is InChI=1S/C12H16O4.C12H16O/c1-3-16-10-6-4-9(5-7-10)8-11(15-2)12(13)14;1-2-13-12-8-7-10-5-3-4-6-11(10)9-12/h4-7,11H,3,8H2,1-2H3,(H,13,14);7-9H,2-6H2,1H3. The van der Waals surface area contributed by atoms with Crippen LogP contribution in [0.15, 0.2) is 42.5 Å². The Kier molecular flexibility index (Phi) is 9.51. The smallest absolute Gasteiger partial charge is 0.333 e. The van der Waals surface area contributed by atoms with Crippen molar-refractivity contribution in [1.29, 1.82) is 0 Å². The van der Waals surface area contributed by atoms with Gasteiger partial charge < -0.3 is 19.3 Å². The van der Waals surface area contributed by atoms with Crippen molar-refractivity contribution in [1.82, 2.24) is 0 Å². The van der Waals surface area contributed by atoms with Crippen molar-refractivity contribution >= 4 is 5.97 Å². The molecule has 0 saturated heterocycles. The number of carbonyl (C=O) groups is 1. The van der Waals surface area contributed by atoms with Gasteiger partial charge in [-0.05, 0) is 80.5 Å². The van der Waals surface area contributed by atoms with Crippen molar-refractivity contribution in [2.24, 2.45) is 0 Å². The van der Waals surface area contributed by atoms with Crippen LogP contribution >= 0.6 is 0 Å². The SMILES string of the molecule is CCOc1ccc(CC(OC)C(=O)O)cc1.CCOc1ccc2c(c1)CCCC2. The lowest BCUT2D eigenvalue weighted by Crippen LogP contribution is -2.24. The molecule has 0 fully saturated rings. The molecule has 0 spiro atoms. The Morgan fingerprint density at radius 1 is 0.931 bits per heavy atom. The predicted octanol–water partition coefficient (Wildman–Crippen LogP) is 4.69. The van der Waals surface area contributed by atoms with Crippen LogP contribution in [0, 0.1) is 0 Å². The Morgan fingerprint density at radius 3 is 2.10 bits per heavy atom. The van der Waals surface area contributed by atoms with E-state index in [1.165, 1.54) is 43.9 Å². The van der Waals surface area contributed by atoms with Gasteiger partial charge >= 0.3 is 5.97 Å². The maximum Gasteiger partial charge on any atom is 0.333 e. The van der Waals surface area contributed by atoms with E-state index in [0.717, 1.165) is 23.7 Å². The van der Waals surface area contributed by atoms with E-state index in [1.54, 1.807) is 0 Å². The average molecular weight is 401 g/mol. The molecule has 2 aromatic rings. The van der Waals surface area contributed by atoms with Crippen LogP contribution in [0.5, 0.6) is 11.5 Å². The number of ether oxygens (including phenoxy) is 3. The van der Waals surface area contributed by atoms with Crippen LogP contribution in [0.2, 0.25) is 0 Å². The molecule has 0 aliphatic heterocycles. The third-order valence-electron chi connectivity index (χ3n) is 4.85. The predicted molar refractivity (Wildman–Crippen MR) is 114 cm³/mol. The molecule has 1 N–H and O–H groups in total. The minimum absolute atomic E-state index is 0.359. The number of carboxylic acids is 1. The summed E-state index contributed by atoms with van der Waals surface area (Å²) >= 11 is 0. The average Bonchev–Trinajstić information content (AvgIpc) is 2.74. The van der Waals surface area contributed by atoms with Crippen LogP contribution in [0.25, 0.3) is 0 Å². The number of fused-ring (bicyclic) bond motifs is 1. The Hall–Kier alpha value is -2.53. The van der Waals surface area contributed by atoms with Gasteiger partial charge in [-0.15, -0.1) is 0 Å². The summed E-state index contributed by atoms with van der Waals surface area (Å²) in [7, 11) is 1.40. The van der Waals surface area contributed by atoms with Crippen LogP contribution in [0.4, 0.5) is 0 Å². The largest absolute Gasteiger partial charge is 0.494 e. The number of aryl methyl sites for hydroxylation is 2. The van der Waals surface area contributed by atoms with E-state index in [9.17, 15) is 4.79 Å². The van der Waals surface area contributed by atoms with Gasteiger partial charge in [0.1, 0.15) is 11.5 Å². The number of hydrogen-bond donors (Lipinski definition) is 1. The second-order valence-electron chi connectivity index (χ2n) is 6.91. The maximum absolute atomic E-state index is 10.8. The van der Waals surface area contributed by atoms with Crippen molar-refractivity contribution < 1.29 is 24.1 Å². The first-order valence-corrected chi connectivity index (χ1v) is 10.3. The third kappa shape index (κ3) is 7.42.